The lowest BCUT2D eigenvalue weighted by Gasteiger charge is -2.37. The molecule has 27 heavy (non-hydrogen) atoms. The van der Waals surface area contributed by atoms with E-state index in [2.05, 4.69) is 29.1 Å². The average Bonchev–Trinajstić information content (AvgIpc) is 2.59. The molecule has 7 heteroatoms. The molecule has 0 bridgehead atoms. The topological polar surface area (TPSA) is 66.4 Å². The van der Waals surface area contributed by atoms with Crippen LogP contribution in [0.2, 0.25) is 0 Å². The number of likely N-dealkylation sites (tertiary alicyclic amines) is 1. The van der Waals surface area contributed by atoms with E-state index in [1.54, 1.807) is 7.11 Å². The van der Waals surface area contributed by atoms with E-state index in [4.69, 9.17) is 9.47 Å². The fourth-order valence-electron chi connectivity index (χ4n) is 2.99. The summed E-state index contributed by atoms with van der Waals surface area (Å²) in [7, 11) is 3.54. The second-order valence-corrected chi connectivity index (χ2v) is 8.81. The largest absolute Gasteiger partial charge is 0.444 e. The minimum Gasteiger partial charge on any atom is -0.444 e. The number of hydrogen-bond acceptors (Lipinski definition) is 4. The van der Waals surface area contributed by atoms with Crippen molar-refractivity contribution < 1.29 is 14.3 Å². The van der Waals surface area contributed by atoms with Gasteiger partial charge >= 0.3 is 6.09 Å². The van der Waals surface area contributed by atoms with Gasteiger partial charge in [-0.25, -0.2) is 4.79 Å². The molecule has 1 aliphatic heterocycles. The van der Waals surface area contributed by atoms with Crippen LogP contribution in [-0.2, 0) is 9.47 Å². The third-order valence-corrected chi connectivity index (χ3v) is 4.86. The zero-order valence-corrected chi connectivity index (χ0v) is 18.6. The number of ether oxygens (including phenoxy) is 2. The summed E-state index contributed by atoms with van der Waals surface area (Å²) in [6.07, 6.45) is 1.85. The molecule has 0 unspecified atom stereocenters. The van der Waals surface area contributed by atoms with Crippen LogP contribution in [0, 0.1) is 5.92 Å². The lowest BCUT2D eigenvalue weighted by molar-refractivity contribution is 0.0212. The normalized spacial score (nSPS) is 17.0. The van der Waals surface area contributed by atoms with Gasteiger partial charge in [0.05, 0.1) is 5.60 Å². The summed E-state index contributed by atoms with van der Waals surface area (Å²) in [5, 5.41) is 3.41. The Morgan fingerprint density at radius 1 is 1.22 bits per heavy atom. The van der Waals surface area contributed by atoms with Crippen molar-refractivity contribution in [2.75, 3.05) is 46.9 Å². The summed E-state index contributed by atoms with van der Waals surface area (Å²) in [6.45, 7) is 15.8. The van der Waals surface area contributed by atoms with Gasteiger partial charge in [-0.3, -0.25) is 4.99 Å². The van der Waals surface area contributed by atoms with Crippen molar-refractivity contribution in [3.63, 3.8) is 0 Å². The highest BCUT2D eigenvalue weighted by atomic mass is 16.6. The maximum absolute atomic E-state index is 12.3. The number of carbonyl (C=O) groups is 1. The number of nitrogens with one attached hydrogen (secondary N) is 1. The number of methoxy groups -OCH3 is 1. The number of nitrogens with zero attached hydrogens (tertiary/aromatic N) is 3. The maximum Gasteiger partial charge on any atom is 0.410 e. The number of guanidine groups is 1. The molecule has 1 N–H and O–H groups in total. The van der Waals surface area contributed by atoms with Gasteiger partial charge in [0.1, 0.15) is 5.60 Å². The van der Waals surface area contributed by atoms with Crippen LogP contribution < -0.4 is 5.32 Å². The van der Waals surface area contributed by atoms with Crippen molar-refractivity contribution in [1.29, 1.82) is 0 Å². The van der Waals surface area contributed by atoms with E-state index < -0.39 is 5.60 Å². The van der Waals surface area contributed by atoms with E-state index >= 15 is 0 Å². The molecule has 158 valence electrons. The van der Waals surface area contributed by atoms with E-state index in [9.17, 15) is 4.79 Å². The van der Waals surface area contributed by atoms with Crippen molar-refractivity contribution in [1.82, 2.24) is 15.1 Å². The van der Waals surface area contributed by atoms with E-state index in [1.165, 1.54) is 0 Å². The van der Waals surface area contributed by atoms with Gasteiger partial charge < -0.3 is 24.6 Å². The number of rotatable bonds is 6. The van der Waals surface area contributed by atoms with Gasteiger partial charge in [-0.05, 0) is 60.3 Å². The molecule has 1 aliphatic rings. The third kappa shape index (κ3) is 8.37. The molecule has 1 fully saturated rings. The highest BCUT2D eigenvalue weighted by Gasteiger charge is 2.27. The van der Waals surface area contributed by atoms with Gasteiger partial charge in [0, 0.05) is 46.9 Å². The van der Waals surface area contributed by atoms with Crippen LogP contribution in [0.5, 0.6) is 0 Å². The molecule has 7 nitrogen and oxygen atoms in total. The summed E-state index contributed by atoms with van der Waals surface area (Å²) in [4.78, 5) is 20.9. The minimum atomic E-state index is -0.456. The molecular formula is C20H40N4O3. The van der Waals surface area contributed by atoms with Crippen LogP contribution in [0.1, 0.15) is 54.4 Å². The monoisotopic (exact) mass is 384 g/mol. The first-order valence-corrected chi connectivity index (χ1v) is 10.00. The molecule has 0 saturated carbocycles. The summed E-state index contributed by atoms with van der Waals surface area (Å²) < 4.78 is 11.0. The summed E-state index contributed by atoms with van der Waals surface area (Å²) in [6, 6.07) is 0. The van der Waals surface area contributed by atoms with Gasteiger partial charge in [0.25, 0.3) is 0 Å². The van der Waals surface area contributed by atoms with Crippen molar-refractivity contribution in [3.8, 4) is 0 Å². The zero-order chi connectivity index (χ0) is 20.7. The van der Waals surface area contributed by atoms with Crippen LogP contribution in [0.15, 0.2) is 4.99 Å². The van der Waals surface area contributed by atoms with Crippen molar-refractivity contribution in [2.45, 2.75) is 65.6 Å². The lowest BCUT2D eigenvalue weighted by Crippen LogP contribution is -2.50. The Kier molecular flexibility index (Phi) is 8.85. The van der Waals surface area contributed by atoms with Crippen molar-refractivity contribution >= 4 is 12.1 Å². The third-order valence-electron chi connectivity index (χ3n) is 4.86. The quantitative estimate of drug-likeness (QED) is 0.563. The highest BCUT2D eigenvalue weighted by Crippen LogP contribution is 2.20. The Morgan fingerprint density at radius 3 is 2.26 bits per heavy atom. The van der Waals surface area contributed by atoms with Gasteiger partial charge in [-0.15, -0.1) is 0 Å². The summed E-state index contributed by atoms with van der Waals surface area (Å²) in [5.74, 6) is 1.40. The van der Waals surface area contributed by atoms with Crippen LogP contribution in [0.25, 0.3) is 0 Å². The molecule has 1 amide bonds. The van der Waals surface area contributed by atoms with E-state index in [-0.39, 0.29) is 11.7 Å². The molecule has 0 radical (unpaired) electrons. The molecule has 1 heterocycles. The first-order chi connectivity index (χ1) is 12.5. The second kappa shape index (κ2) is 10.2. The molecule has 1 saturated heterocycles. The average molecular weight is 385 g/mol. The highest BCUT2D eigenvalue weighted by molar-refractivity contribution is 5.80. The maximum atomic E-state index is 12.3. The standard InChI is InChI=1S/C20H40N4O3/c1-9-23(18(25)27-19(2,3)4)14-16-10-12-24(13-11-16)17(21-7)22-15-20(5,6)26-8/h16H,9-15H2,1-8H3,(H,21,22). The Morgan fingerprint density at radius 2 is 1.81 bits per heavy atom. The van der Waals surface area contributed by atoms with Crippen LogP contribution in [0.4, 0.5) is 4.79 Å². The molecular weight excluding hydrogens is 344 g/mol. The molecule has 0 aromatic heterocycles. The Bertz CT molecular complexity index is 492. The van der Waals surface area contributed by atoms with E-state index in [0.717, 1.165) is 38.4 Å². The van der Waals surface area contributed by atoms with Gasteiger partial charge in [0.2, 0.25) is 0 Å². The number of hydrogen-bond donors (Lipinski definition) is 1. The zero-order valence-electron chi connectivity index (χ0n) is 18.6. The summed E-state index contributed by atoms with van der Waals surface area (Å²) in [5.41, 5.74) is -0.689. The van der Waals surface area contributed by atoms with E-state index in [1.807, 2.05) is 39.6 Å². The Balaban J connectivity index is 2.51. The van der Waals surface area contributed by atoms with Gasteiger partial charge in [-0.1, -0.05) is 0 Å². The SMILES string of the molecule is CCN(CC1CCN(C(=NC)NCC(C)(C)OC)CC1)C(=O)OC(C)(C)C. The Hall–Kier alpha value is -1.50. The molecule has 0 atom stereocenters. The van der Waals surface area contributed by atoms with Crippen LogP contribution in [-0.4, -0.2) is 79.9 Å². The molecule has 0 aliphatic carbocycles. The lowest BCUT2D eigenvalue weighted by atomic mass is 9.96. The fraction of sp³-hybridized carbons (Fsp3) is 0.900. The van der Waals surface area contributed by atoms with Crippen LogP contribution in [0.3, 0.4) is 0 Å². The van der Waals surface area contributed by atoms with Crippen molar-refractivity contribution in [2.24, 2.45) is 10.9 Å². The van der Waals surface area contributed by atoms with Gasteiger partial charge in [-0.2, -0.15) is 0 Å². The first kappa shape index (κ1) is 23.5. The smallest absolute Gasteiger partial charge is 0.410 e. The summed E-state index contributed by atoms with van der Waals surface area (Å²) >= 11 is 0. The fourth-order valence-corrected chi connectivity index (χ4v) is 2.99. The molecule has 0 aromatic rings. The van der Waals surface area contributed by atoms with Crippen LogP contribution >= 0.6 is 0 Å². The minimum absolute atomic E-state index is 0.216. The molecule has 0 aromatic carbocycles. The Labute approximate surface area is 165 Å². The number of piperidine rings is 1. The van der Waals surface area contributed by atoms with Crippen molar-refractivity contribution in [3.05, 3.63) is 0 Å². The first-order valence-electron chi connectivity index (χ1n) is 10.00. The van der Waals surface area contributed by atoms with Gasteiger partial charge in [0.15, 0.2) is 5.96 Å². The predicted molar refractivity (Wildman–Crippen MR) is 110 cm³/mol. The number of amides is 1. The number of carbonyl (C=O) groups excluding carboxylic acids is 1. The predicted octanol–water partition coefficient (Wildman–Crippen LogP) is 2.96. The molecule has 0 spiro atoms. The second-order valence-electron chi connectivity index (χ2n) is 8.81. The van der Waals surface area contributed by atoms with E-state index in [0.29, 0.717) is 19.0 Å². The molecule has 1 rings (SSSR count). The number of aliphatic imine (C=N–C) groups is 1.